The number of hydrogen-bond donors (Lipinski definition) is 3. The number of hydrogen-bond acceptors (Lipinski definition) is 3. The van der Waals surface area contributed by atoms with E-state index in [1.54, 1.807) is 12.1 Å². The van der Waals surface area contributed by atoms with Gasteiger partial charge in [-0.15, -0.1) is 0 Å². The lowest BCUT2D eigenvalue weighted by molar-refractivity contribution is -0.0835. The van der Waals surface area contributed by atoms with Crippen LogP contribution in [0.3, 0.4) is 0 Å². The second-order valence-corrected chi connectivity index (χ2v) is 8.20. The molecule has 1 saturated heterocycles. The first kappa shape index (κ1) is 21.2. The molecular formula is C21H34N4O2. The molecule has 0 aromatic heterocycles. The number of nitrogens with two attached hydrogens (primary N) is 1. The minimum Gasteiger partial charge on any atom is -0.377 e. The summed E-state index contributed by atoms with van der Waals surface area (Å²) < 4.78 is 6.07. The van der Waals surface area contributed by atoms with Crippen LogP contribution in [0.2, 0.25) is 0 Å². The smallest absolute Gasteiger partial charge is 0.248 e. The summed E-state index contributed by atoms with van der Waals surface area (Å²) >= 11 is 0. The van der Waals surface area contributed by atoms with Gasteiger partial charge in [-0.2, -0.15) is 0 Å². The van der Waals surface area contributed by atoms with Crippen molar-refractivity contribution in [2.75, 3.05) is 19.7 Å². The third kappa shape index (κ3) is 6.54. The molecule has 6 heteroatoms. The molecule has 1 amide bonds. The Labute approximate surface area is 163 Å². The molecule has 0 saturated carbocycles. The average molecular weight is 375 g/mol. The number of rotatable bonds is 6. The molecule has 6 nitrogen and oxygen atoms in total. The van der Waals surface area contributed by atoms with Crippen molar-refractivity contribution in [2.45, 2.75) is 53.2 Å². The van der Waals surface area contributed by atoms with Gasteiger partial charge in [-0.1, -0.05) is 32.9 Å². The Kier molecular flexibility index (Phi) is 7.66. The van der Waals surface area contributed by atoms with E-state index >= 15 is 0 Å². The predicted molar refractivity (Wildman–Crippen MR) is 110 cm³/mol. The molecule has 27 heavy (non-hydrogen) atoms. The zero-order valence-electron chi connectivity index (χ0n) is 17.0. The zero-order chi connectivity index (χ0) is 19.9. The molecule has 2 unspecified atom stereocenters. The lowest BCUT2D eigenvalue weighted by atomic mass is 9.78. The maximum Gasteiger partial charge on any atom is 0.248 e. The van der Waals surface area contributed by atoms with Crippen molar-refractivity contribution in [3.8, 4) is 0 Å². The van der Waals surface area contributed by atoms with Crippen LogP contribution in [-0.2, 0) is 11.3 Å². The van der Waals surface area contributed by atoms with Gasteiger partial charge in [0.2, 0.25) is 5.91 Å². The van der Waals surface area contributed by atoms with E-state index in [0.29, 0.717) is 18.0 Å². The minimum absolute atomic E-state index is 0.129. The monoisotopic (exact) mass is 374 g/mol. The van der Waals surface area contributed by atoms with E-state index in [1.807, 2.05) is 12.1 Å². The molecule has 1 aliphatic rings. The van der Waals surface area contributed by atoms with Crippen LogP contribution < -0.4 is 16.4 Å². The Morgan fingerprint density at radius 2 is 1.96 bits per heavy atom. The highest BCUT2D eigenvalue weighted by Gasteiger charge is 2.35. The molecule has 1 heterocycles. The number of primary amides is 1. The maximum atomic E-state index is 11.2. The lowest BCUT2D eigenvalue weighted by Crippen LogP contribution is -2.47. The molecule has 150 valence electrons. The summed E-state index contributed by atoms with van der Waals surface area (Å²) in [6.45, 7) is 11.8. The van der Waals surface area contributed by atoms with Gasteiger partial charge in [0.05, 0.1) is 12.6 Å². The van der Waals surface area contributed by atoms with Gasteiger partial charge in [-0.3, -0.25) is 4.79 Å². The number of nitrogens with zero attached hydrogens (tertiary/aromatic N) is 1. The first-order chi connectivity index (χ1) is 12.8. The molecule has 1 fully saturated rings. The van der Waals surface area contributed by atoms with Gasteiger partial charge in [0.25, 0.3) is 0 Å². The number of amides is 1. The van der Waals surface area contributed by atoms with E-state index in [1.165, 1.54) is 6.42 Å². The van der Waals surface area contributed by atoms with Gasteiger partial charge in [0.15, 0.2) is 5.96 Å². The van der Waals surface area contributed by atoms with E-state index < -0.39 is 5.91 Å². The quantitative estimate of drug-likeness (QED) is 0.528. The minimum atomic E-state index is -0.414. The maximum absolute atomic E-state index is 11.2. The fourth-order valence-corrected chi connectivity index (χ4v) is 3.52. The lowest BCUT2D eigenvalue weighted by Gasteiger charge is -2.40. The first-order valence-electron chi connectivity index (χ1n) is 9.83. The summed E-state index contributed by atoms with van der Waals surface area (Å²) in [5.74, 6) is 0.857. The molecule has 0 aliphatic carbocycles. The fraction of sp³-hybridized carbons (Fsp3) is 0.619. The fourth-order valence-electron chi connectivity index (χ4n) is 3.52. The Morgan fingerprint density at radius 3 is 2.56 bits per heavy atom. The average Bonchev–Trinajstić information content (AvgIpc) is 2.64. The summed E-state index contributed by atoms with van der Waals surface area (Å²) in [6.07, 6.45) is 2.53. The van der Waals surface area contributed by atoms with Crippen LogP contribution >= 0.6 is 0 Å². The van der Waals surface area contributed by atoms with E-state index in [-0.39, 0.29) is 11.5 Å². The summed E-state index contributed by atoms with van der Waals surface area (Å²) in [5.41, 5.74) is 6.96. The second-order valence-electron chi connectivity index (χ2n) is 8.20. The number of carbonyl (C=O) groups is 1. The van der Waals surface area contributed by atoms with Crippen LogP contribution in [0.15, 0.2) is 29.3 Å². The standard InChI is InChI=1S/C21H34N4O2/c1-5-23-20(24-13-15-8-10-16(11-9-15)19(22)26)25-14-17-7-6-12-27-18(17)21(2,3)4/h8-11,17-18H,5-7,12-14H2,1-4H3,(H2,22,26)(H2,23,24,25). The van der Waals surface area contributed by atoms with Crippen molar-refractivity contribution in [1.29, 1.82) is 0 Å². The molecule has 2 atom stereocenters. The van der Waals surface area contributed by atoms with E-state index in [4.69, 9.17) is 10.5 Å². The van der Waals surface area contributed by atoms with Crippen molar-refractivity contribution in [1.82, 2.24) is 10.6 Å². The SMILES string of the molecule is CCNC(=NCc1ccc(C(N)=O)cc1)NCC1CCCOC1C(C)(C)C. The van der Waals surface area contributed by atoms with Crippen molar-refractivity contribution < 1.29 is 9.53 Å². The second kappa shape index (κ2) is 9.74. The predicted octanol–water partition coefficient (Wildman–Crippen LogP) is 2.68. The number of guanidine groups is 1. The largest absolute Gasteiger partial charge is 0.377 e. The summed E-state index contributed by atoms with van der Waals surface area (Å²) in [6, 6.07) is 7.25. The van der Waals surface area contributed by atoms with Crippen LogP contribution in [0.25, 0.3) is 0 Å². The molecule has 1 aromatic rings. The molecule has 2 rings (SSSR count). The molecule has 1 aromatic carbocycles. The Bertz CT molecular complexity index is 635. The van der Waals surface area contributed by atoms with E-state index in [2.05, 4.69) is 43.3 Å². The number of carbonyl (C=O) groups excluding carboxylic acids is 1. The van der Waals surface area contributed by atoms with Gasteiger partial charge < -0.3 is 21.1 Å². The van der Waals surface area contributed by atoms with Crippen molar-refractivity contribution in [3.05, 3.63) is 35.4 Å². The Morgan fingerprint density at radius 1 is 1.26 bits per heavy atom. The normalized spacial score (nSPS) is 21.0. The van der Waals surface area contributed by atoms with Gasteiger partial charge in [0.1, 0.15) is 0 Å². The highest BCUT2D eigenvalue weighted by Crippen LogP contribution is 2.33. The van der Waals surface area contributed by atoms with Crippen molar-refractivity contribution >= 4 is 11.9 Å². The van der Waals surface area contributed by atoms with Crippen LogP contribution in [-0.4, -0.2) is 37.7 Å². The molecular weight excluding hydrogens is 340 g/mol. The van der Waals surface area contributed by atoms with Gasteiger partial charge in [-0.25, -0.2) is 4.99 Å². The van der Waals surface area contributed by atoms with Crippen molar-refractivity contribution in [2.24, 2.45) is 22.1 Å². The van der Waals surface area contributed by atoms with Gasteiger partial charge in [0, 0.05) is 31.2 Å². The van der Waals surface area contributed by atoms with Crippen LogP contribution in [0, 0.1) is 11.3 Å². The van der Waals surface area contributed by atoms with Crippen LogP contribution in [0.4, 0.5) is 0 Å². The summed E-state index contributed by atoms with van der Waals surface area (Å²) in [7, 11) is 0. The molecule has 0 spiro atoms. The molecule has 1 aliphatic heterocycles. The summed E-state index contributed by atoms with van der Waals surface area (Å²) in [4.78, 5) is 15.8. The van der Waals surface area contributed by atoms with E-state index in [9.17, 15) is 4.79 Å². The Balaban J connectivity index is 1.97. The highest BCUT2D eigenvalue weighted by atomic mass is 16.5. The van der Waals surface area contributed by atoms with Crippen LogP contribution in [0.1, 0.15) is 56.5 Å². The number of ether oxygens (including phenoxy) is 1. The topological polar surface area (TPSA) is 88.7 Å². The third-order valence-corrected chi connectivity index (χ3v) is 4.83. The molecule has 0 radical (unpaired) electrons. The van der Waals surface area contributed by atoms with Gasteiger partial charge >= 0.3 is 0 Å². The number of nitrogens with one attached hydrogen (secondary N) is 2. The highest BCUT2D eigenvalue weighted by molar-refractivity contribution is 5.92. The number of aliphatic imine (C=N–C) groups is 1. The first-order valence-corrected chi connectivity index (χ1v) is 9.83. The molecule has 0 bridgehead atoms. The van der Waals surface area contributed by atoms with Crippen LogP contribution in [0.5, 0.6) is 0 Å². The van der Waals surface area contributed by atoms with Gasteiger partial charge in [-0.05, 0) is 42.9 Å². The molecule has 4 N–H and O–H groups in total. The zero-order valence-corrected chi connectivity index (χ0v) is 17.0. The third-order valence-electron chi connectivity index (χ3n) is 4.83. The Hall–Kier alpha value is -2.08. The number of benzene rings is 1. The van der Waals surface area contributed by atoms with E-state index in [0.717, 1.165) is 37.6 Å². The van der Waals surface area contributed by atoms with Crippen molar-refractivity contribution in [3.63, 3.8) is 0 Å². The summed E-state index contributed by atoms with van der Waals surface area (Å²) in [5, 5.41) is 6.78.